The molecule has 2 aromatic heterocycles. The van der Waals surface area contributed by atoms with Crippen molar-refractivity contribution in [3.05, 3.63) is 53.1 Å². The number of rotatable bonds is 5. The first kappa shape index (κ1) is 17.8. The van der Waals surface area contributed by atoms with Crippen LogP contribution in [0.1, 0.15) is 18.2 Å². The van der Waals surface area contributed by atoms with Crippen molar-refractivity contribution in [1.82, 2.24) is 10.3 Å². The number of nitrogens with zero attached hydrogens (tertiary/aromatic N) is 1. The predicted molar refractivity (Wildman–Crippen MR) is 106 cm³/mol. The average molecular weight is 399 g/mol. The van der Waals surface area contributed by atoms with Crippen LogP contribution in [0, 0.1) is 0 Å². The van der Waals surface area contributed by atoms with E-state index in [1.165, 1.54) is 28.7 Å². The molecule has 0 spiro atoms. The number of thiazole rings is 1. The predicted octanol–water partition coefficient (Wildman–Crippen LogP) is 3.69. The second-order valence-corrected chi connectivity index (χ2v) is 8.22. The lowest BCUT2D eigenvalue weighted by Crippen LogP contribution is -2.24. The maximum absolute atomic E-state index is 12.6. The van der Waals surface area contributed by atoms with Crippen LogP contribution in [0.25, 0.3) is 11.5 Å². The molecule has 3 heterocycles. The summed E-state index contributed by atoms with van der Waals surface area (Å²) in [6, 6.07) is 11.7. The van der Waals surface area contributed by atoms with E-state index < -0.39 is 0 Å². The molecule has 27 heavy (non-hydrogen) atoms. The van der Waals surface area contributed by atoms with Crippen LogP contribution in [0.5, 0.6) is 0 Å². The number of carbonyl (C=O) groups excluding carboxylic acids is 2. The topological polar surface area (TPSA) is 84.2 Å². The van der Waals surface area contributed by atoms with E-state index in [1.807, 2.05) is 23.6 Å². The van der Waals surface area contributed by atoms with Crippen LogP contribution in [-0.2, 0) is 22.6 Å². The third kappa shape index (κ3) is 4.06. The molecule has 1 aliphatic heterocycles. The lowest BCUT2D eigenvalue weighted by atomic mass is 10.1. The number of anilines is 1. The number of fused-ring (bicyclic) bond motifs is 1. The van der Waals surface area contributed by atoms with Crippen molar-refractivity contribution in [3.63, 3.8) is 0 Å². The molecule has 0 unspecified atom stereocenters. The Bertz CT molecular complexity index is 971. The molecule has 4 rings (SSSR count). The van der Waals surface area contributed by atoms with Gasteiger partial charge in [-0.15, -0.1) is 23.1 Å². The third-order valence-corrected chi connectivity index (χ3v) is 6.17. The summed E-state index contributed by atoms with van der Waals surface area (Å²) in [5.41, 5.74) is 1.87. The summed E-state index contributed by atoms with van der Waals surface area (Å²) in [6.07, 6.45) is 0.732. The van der Waals surface area contributed by atoms with Crippen molar-refractivity contribution in [3.8, 4) is 11.5 Å². The first-order chi connectivity index (χ1) is 13.1. The standard InChI is InChI=1S/C19H17N3O3S2/c1-11(23)20-9-13-6-7-15(25-13)14-10-26-19(21-14)22-18(24)17-8-12-4-2-3-5-16(12)27-17/h2-7,10,17H,8-9H2,1H3,(H,20,23)(H,21,22,24)/t17-/m1/s1. The molecule has 0 bridgehead atoms. The fourth-order valence-corrected chi connectivity index (χ4v) is 4.68. The fourth-order valence-electron chi connectivity index (χ4n) is 2.78. The highest BCUT2D eigenvalue weighted by Crippen LogP contribution is 2.37. The Morgan fingerprint density at radius 1 is 1.26 bits per heavy atom. The van der Waals surface area contributed by atoms with Crippen LogP contribution in [-0.4, -0.2) is 22.0 Å². The molecule has 0 aliphatic carbocycles. The Morgan fingerprint density at radius 2 is 2.11 bits per heavy atom. The molecule has 0 saturated heterocycles. The largest absolute Gasteiger partial charge is 0.458 e. The van der Waals surface area contributed by atoms with Gasteiger partial charge in [-0.3, -0.25) is 9.59 Å². The maximum Gasteiger partial charge on any atom is 0.239 e. The Hall–Kier alpha value is -2.58. The van der Waals surface area contributed by atoms with Crippen molar-refractivity contribution >= 4 is 40.0 Å². The Labute approximate surface area is 164 Å². The normalized spacial score (nSPS) is 15.4. The molecule has 1 atom stereocenters. The van der Waals surface area contributed by atoms with Gasteiger partial charge >= 0.3 is 0 Å². The zero-order valence-electron chi connectivity index (χ0n) is 14.5. The van der Waals surface area contributed by atoms with Crippen LogP contribution < -0.4 is 10.6 Å². The maximum atomic E-state index is 12.6. The van der Waals surface area contributed by atoms with Gasteiger partial charge in [0, 0.05) is 17.2 Å². The van der Waals surface area contributed by atoms with Gasteiger partial charge in [-0.2, -0.15) is 0 Å². The van der Waals surface area contributed by atoms with Gasteiger partial charge in [-0.25, -0.2) is 4.98 Å². The number of amides is 2. The molecule has 0 saturated carbocycles. The Balaban J connectivity index is 1.38. The van der Waals surface area contributed by atoms with E-state index in [2.05, 4.69) is 21.7 Å². The highest BCUT2D eigenvalue weighted by Gasteiger charge is 2.28. The molecule has 3 aromatic rings. The van der Waals surface area contributed by atoms with E-state index >= 15 is 0 Å². The minimum absolute atomic E-state index is 0.0390. The van der Waals surface area contributed by atoms with Crippen LogP contribution >= 0.6 is 23.1 Å². The van der Waals surface area contributed by atoms with Gasteiger partial charge in [-0.05, 0) is 30.2 Å². The van der Waals surface area contributed by atoms with E-state index in [0.717, 1.165) is 6.42 Å². The number of benzene rings is 1. The van der Waals surface area contributed by atoms with Gasteiger partial charge in [0.2, 0.25) is 11.8 Å². The van der Waals surface area contributed by atoms with Crippen LogP contribution in [0.3, 0.4) is 0 Å². The van der Waals surface area contributed by atoms with E-state index in [0.29, 0.717) is 28.9 Å². The molecule has 1 aromatic carbocycles. The van der Waals surface area contributed by atoms with Gasteiger partial charge in [0.05, 0.1) is 11.8 Å². The number of carbonyl (C=O) groups is 2. The molecule has 2 N–H and O–H groups in total. The molecule has 0 fully saturated rings. The Morgan fingerprint density at radius 3 is 2.93 bits per heavy atom. The molecular weight excluding hydrogens is 382 g/mol. The molecule has 2 amide bonds. The van der Waals surface area contributed by atoms with E-state index in [1.54, 1.807) is 23.9 Å². The zero-order chi connectivity index (χ0) is 18.8. The van der Waals surface area contributed by atoms with Crippen molar-refractivity contribution in [2.45, 2.75) is 30.0 Å². The second kappa shape index (κ2) is 7.58. The number of hydrogen-bond acceptors (Lipinski definition) is 6. The van der Waals surface area contributed by atoms with E-state index in [9.17, 15) is 9.59 Å². The minimum Gasteiger partial charge on any atom is -0.458 e. The van der Waals surface area contributed by atoms with Crippen LogP contribution in [0.15, 0.2) is 51.1 Å². The summed E-state index contributed by atoms with van der Waals surface area (Å²) >= 11 is 2.95. The highest BCUT2D eigenvalue weighted by molar-refractivity contribution is 8.01. The number of nitrogens with one attached hydrogen (secondary N) is 2. The van der Waals surface area contributed by atoms with Crippen molar-refractivity contribution in [2.24, 2.45) is 0 Å². The SMILES string of the molecule is CC(=O)NCc1ccc(-c2csc(NC(=O)[C@H]3Cc4ccccc4S3)n2)o1. The monoisotopic (exact) mass is 399 g/mol. The first-order valence-corrected chi connectivity index (χ1v) is 10.2. The summed E-state index contributed by atoms with van der Waals surface area (Å²) in [7, 11) is 0. The van der Waals surface area contributed by atoms with E-state index in [4.69, 9.17) is 4.42 Å². The summed E-state index contributed by atoms with van der Waals surface area (Å²) in [5.74, 6) is 1.11. The smallest absolute Gasteiger partial charge is 0.239 e. The average Bonchev–Trinajstić information content (AvgIpc) is 3.38. The third-order valence-electron chi connectivity index (χ3n) is 4.10. The molecule has 8 heteroatoms. The number of hydrogen-bond donors (Lipinski definition) is 2. The first-order valence-electron chi connectivity index (χ1n) is 8.43. The molecule has 6 nitrogen and oxygen atoms in total. The second-order valence-electron chi connectivity index (χ2n) is 6.12. The quantitative estimate of drug-likeness (QED) is 0.683. The van der Waals surface area contributed by atoms with Gasteiger partial charge in [0.15, 0.2) is 10.9 Å². The lowest BCUT2D eigenvalue weighted by molar-refractivity contribution is -0.119. The summed E-state index contributed by atoms with van der Waals surface area (Å²) in [4.78, 5) is 29.1. The zero-order valence-corrected chi connectivity index (χ0v) is 16.2. The number of aromatic nitrogens is 1. The van der Waals surface area contributed by atoms with Gasteiger partial charge in [0.25, 0.3) is 0 Å². The van der Waals surface area contributed by atoms with Crippen molar-refractivity contribution in [2.75, 3.05) is 5.32 Å². The van der Waals surface area contributed by atoms with Gasteiger partial charge in [0.1, 0.15) is 11.5 Å². The summed E-state index contributed by atoms with van der Waals surface area (Å²) in [5, 5.41) is 7.84. The number of thioether (sulfide) groups is 1. The van der Waals surface area contributed by atoms with Crippen molar-refractivity contribution < 1.29 is 14.0 Å². The van der Waals surface area contributed by atoms with Crippen LogP contribution in [0.2, 0.25) is 0 Å². The molecule has 138 valence electrons. The summed E-state index contributed by atoms with van der Waals surface area (Å²) in [6.45, 7) is 1.79. The molecule has 1 aliphatic rings. The lowest BCUT2D eigenvalue weighted by Gasteiger charge is -2.07. The molecule has 0 radical (unpaired) electrons. The van der Waals surface area contributed by atoms with Gasteiger partial charge < -0.3 is 15.1 Å². The molecular formula is C19H17N3O3S2. The summed E-state index contributed by atoms with van der Waals surface area (Å²) < 4.78 is 5.69. The highest BCUT2D eigenvalue weighted by atomic mass is 32.2. The van der Waals surface area contributed by atoms with Crippen molar-refractivity contribution in [1.29, 1.82) is 0 Å². The Kier molecular flexibility index (Phi) is 5.00. The van der Waals surface area contributed by atoms with E-state index in [-0.39, 0.29) is 17.1 Å². The minimum atomic E-state index is -0.136. The van der Waals surface area contributed by atoms with Crippen LogP contribution in [0.4, 0.5) is 5.13 Å². The van der Waals surface area contributed by atoms with Gasteiger partial charge in [-0.1, -0.05) is 18.2 Å². The fraction of sp³-hybridized carbons (Fsp3) is 0.211. The number of furan rings is 1.